The van der Waals surface area contributed by atoms with Crippen molar-refractivity contribution in [3.05, 3.63) is 18.3 Å². The molecule has 0 spiro atoms. The first-order chi connectivity index (χ1) is 10.2. The molecule has 1 aliphatic rings. The highest BCUT2D eigenvalue weighted by atomic mass is 16.1. The van der Waals surface area contributed by atoms with Crippen LogP contribution in [0.1, 0.15) is 38.5 Å². The number of nitrogens with one attached hydrogen (secondary N) is 2. The second kappa shape index (κ2) is 5.52. The molecule has 2 aromatic rings. The van der Waals surface area contributed by atoms with Gasteiger partial charge in [0.2, 0.25) is 5.91 Å². The van der Waals surface area contributed by atoms with Crippen LogP contribution in [0, 0.1) is 16.7 Å². The number of hydrogen-bond donors (Lipinski definition) is 2. The van der Waals surface area contributed by atoms with Gasteiger partial charge in [-0.15, -0.1) is 0 Å². The minimum atomic E-state index is -0.512. The molecule has 1 amide bonds. The number of amides is 1. The molecular weight excluding hydrogens is 266 g/mol. The first kappa shape index (κ1) is 13.6. The van der Waals surface area contributed by atoms with Crippen LogP contribution in [0.2, 0.25) is 0 Å². The van der Waals surface area contributed by atoms with E-state index in [0.29, 0.717) is 11.3 Å². The van der Waals surface area contributed by atoms with Crippen molar-refractivity contribution in [3.63, 3.8) is 0 Å². The zero-order valence-electron chi connectivity index (χ0n) is 11.7. The lowest BCUT2D eigenvalue weighted by atomic mass is 9.73. The Morgan fingerprint density at radius 2 is 2.24 bits per heavy atom. The summed E-state index contributed by atoms with van der Waals surface area (Å²) in [5, 5.41) is 19.1. The molecule has 0 aromatic carbocycles. The first-order valence-electron chi connectivity index (χ1n) is 7.23. The van der Waals surface area contributed by atoms with Gasteiger partial charge in [-0.25, -0.2) is 0 Å². The number of aromatic amines is 1. The molecule has 0 saturated heterocycles. The fourth-order valence-corrected chi connectivity index (χ4v) is 2.98. The smallest absolute Gasteiger partial charge is 0.227 e. The summed E-state index contributed by atoms with van der Waals surface area (Å²) < 4.78 is 0. The molecule has 0 radical (unpaired) electrons. The van der Waals surface area contributed by atoms with Gasteiger partial charge >= 0.3 is 0 Å². The van der Waals surface area contributed by atoms with E-state index in [0.717, 1.165) is 37.6 Å². The van der Waals surface area contributed by atoms with Crippen LogP contribution < -0.4 is 5.32 Å². The second-order valence-electron chi connectivity index (χ2n) is 5.65. The maximum absolute atomic E-state index is 12.2. The van der Waals surface area contributed by atoms with Gasteiger partial charge in [0.25, 0.3) is 0 Å². The number of nitrogens with zero attached hydrogens (tertiary/aromatic N) is 3. The Morgan fingerprint density at radius 1 is 1.43 bits per heavy atom. The molecule has 0 unspecified atom stereocenters. The number of H-pyrrole nitrogens is 1. The lowest BCUT2D eigenvalue weighted by Crippen LogP contribution is -2.28. The predicted octanol–water partition coefficient (Wildman–Crippen LogP) is 2.76. The minimum absolute atomic E-state index is 0.169. The molecule has 108 valence electrons. The van der Waals surface area contributed by atoms with Gasteiger partial charge in [-0.2, -0.15) is 10.4 Å². The first-order valence-corrected chi connectivity index (χ1v) is 7.23. The zero-order valence-corrected chi connectivity index (χ0v) is 11.7. The van der Waals surface area contributed by atoms with Gasteiger partial charge in [-0.05, 0) is 25.0 Å². The summed E-state index contributed by atoms with van der Waals surface area (Å²) in [4.78, 5) is 16.4. The summed E-state index contributed by atoms with van der Waals surface area (Å²) in [5.74, 6) is 0.261. The normalized spacial score (nSPS) is 17.3. The third kappa shape index (κ3) is 2.72. The summed E-state index contributed by atoms with van der Waals surface area (Å²) in [7, 11) is 0. The third-order valence-electron chi connectivity index (χ3n) is 4.12. The van der Waals surface area contributed by atoms with Gasteiger partial charge in [-0.3, -0.25) is 14.9 Å². The third-order valence-corrected chi connectivity index (χ3v) is 4.12. The average Bonchev–Trinajstić information content (AvgIpc) is 2.91. The van der Waals surface area contributed by atoms with Gasteiger partial charge < -0.3 is 5.32 Å². The van der Waals surface area contributed by atoms with Crippen LogP contribution in [0.4, 0.5) is 5.82 Å². The van der Waals surface area contributed by atoms with Crippen molar-refractivity contribution in [1.82, 2.24) is 15.2 Å². The number of fused-ring (bicyclic) bond motifs is 1. The van der Waals surface area contributed by atoms with Gasteiger partial charge in [0.1, 0.15) is 5.52 Å². The number of carbonyl (C=O) groups excluding carboxylic acids is 1. The number of rotatable bonds is 3. The van der Waals surface area contributed by atoms with Crippen LogP contribution in [-0.2, 0) is 4.79 Å². The minimum Gasteiger partial charge on any atom is -0.307 e. The summed E-state index contributed by atoms with van der Waals surface area (Å²) in [6.45, 7) is 0. The monoisotopic (exact) mass is 283 g/mol. The van der Waals surface area contributed by atoms with Crippen molar-refractivity contribution < 1.29 is 4.79 Å². The number of pyridine rings is 1. The predicted molar refractivity (Wildman–Crippen MR) is 78.3 cm³/mol. The van der Waals surface area contributed by atoms with E-state index in [4.69, 9.17) is 0 Å². The van der Waals surface area contributed by atoms with E-state index < -0.39 is 5.41 Å². The summed E-state index contributed by atoms with van der Waals surface area (Å²) >= 11 is 0. The number of aromatic nitrogens is 3. The van der Waals surface area contributed by atoms with Crippen LogP contribution in [0.15, 0.2) is 18.3 Å². The van der Waals surface area contributed by atoms with E-state index in [9.17, 15) is 10.1 Å². The molecule has 2 heterocycles. The quantitative estimate of drug-likeness (QED) is 0.905. The maximum Gasteiger partial charge on any atom is 0.227 e. The number of hydrogen-bond acceptors (Lipinski definition) is 4. The van der Waals surface area contributed by atoms with E-state index in [1.807, 2.05) is 6.07 Å². The van der Waals surface area contributed by atoms with E-state index >= 15 is 0 Å². The molecule has 2 aromatic heterocycles. The van der Waals surface area contributed by atoms with E-state index in [2.05, 4.69) is 26.6 Å². The van der Waals surface area contributed by atoms with Crippen LogP contribution >= 0.6 is 0 Å². The standard InChI is InChI=1S/C15H17N5O/c16-10-15(6-2-1-3-7-15)9-12(21)18-14-13-11(19-20-14)5-4-8-17-13/h4-5,8H,1-3,6-7,9H2,(H2,18,19,20,21). The summed E-state index contributed by atoms with van der Waals surface area (Å²) in [6.07, 6.45) is 6.68. The molecule has 3 rings (SSSR count). The molecule has 2 N–H and O–H groups in total. The average molecular weight is 283 g/mol. The largest absolute Gasteiger partial charge is 0.307 e. The van der Waals surface area contributed by atoms with Crippen LogP contribution in [0.5, 0.6) is 0 Å². The highest BCUT2D eigenvalue weighted by molar-refractivity contribution is 5.98. The molecule has 6 heteroatoms. The Hall–Kier alpha value is -2.42. The Balaban J connectivity index is 1.73. The molecule has 0 bridgehead atoms. The van der Waals surface area contributed by atoms with Gasteiger partial charge in [0.05, 0.1) is 17.0 Å². The van der Waals surface area contributed by atoms with Gasteiger partial charge in [0.15, 0.2) is 5.82 Å². The van der Waals surface area contributed by atoms with Crippen molar-refractivity contribution in [2.45, 2.75) is 38.5 Å². The summed E-state index contributed by atoms with van der Waals surface area (Å²) in [6, 6.07) is 6.01. The maximum atomic E-state index is 12.2. The van der Waals surface area contributed by atoms with Crippen molar-refractivity contribution in [2.75, 3.05) is 5.32 Å². The molecule has 0 aliphatic heterocycles. The Kier molecular flexibility index (Phi) is 3.57. The second-order valence-corrected chi connectivity index (χ2v) is 5.65. The molecule has 0 atom stereocenters. The summed E-state index contributed by atoms with van der Waals surface area (Å²) in [5.41, 5.74) is 0.906. The molecule has 1 aliphatic carbocycles. The molecule has 21 heavy (non-hydrogen) atoms. The van der Waals surface area contributed by atoms with Gasteiger partial charge in [0, 0.05) is 12.6 Å². The Bertz CT molecular complexity index is 693. The Labute approximate surface area is 122 Å². The van der Waals surface area contributed by atoms with E-state index in [1.165, 1.54) is 0 Å². The van der Waals surface area contributed by atoms with E-state index in [-0.39, 0.29) is 12.3 Å². The Morgan fingerprint density at radius 3 is 3.00 bits per heavy atom. The molecular formula is C15H17N5O. The number of nitriles is 1. The van der Waals surface area contributed by atoms with Crippen LogP contribution in [0.25, 0.3) is 11.0 Å². The zero-order chi connectivity index (χ0) is 14.7. The van der Waals surface area contributed by atoms with Crippen molar-refractivity contribution >= 4 is 22.8 Å². The highest BCUT2D eigenvalue weighted by Gasteiger charge is 2.34. The SMILES string of the molecule is N#CC1(CC(=O)Nc2n[nH]c3cccnc23)CCCCC1. The number of anilines is 1. The van der Waals surface area contributed by atoms with Crippen LogP contribution in [0.3, 0.4) is 0 Å². The van der Waals surface area contributed by atoms with Crippen molar-refractivity contribution in [3.8, 4) is 6.07 Å². The molecule has 1 fully saturated rings. The number of carbonyl (C=O) groups is 1. The fraction of sp³-hybridized carbons (Fsp3) is 0.467. The van der Waals surface area contributed by atoms with Crippen molar-refractivity contribution in [2.24, 2.45) is 5.41 Å². The van der Waals surface area contributed by atoms with E-state index in [1.54, 1.807) is 12.3 Å². The topological polar surface area (TPSA) is 94.5 Å². The van der Waals surface area contributed by atoms with Gasteiger partial charge in [-0.1, -0.05) is 19.3 Å². The lowest BCUT2D eigenvalue weighted by molar-refractivity contribution is -0.118. The molecule has 6 nitrogen and oxygen atoms in total. The van der Waals surface area contributed by atoms with Crippen LogP contribution in [-0.4, -0.2) is 21.1 Å². The fourth-order valence-electron chi connectivity index (χ4n) is 2.98. The van der Waals surface area contributed by atoms with Crippen molar-refractivity contribution in [1.29, 1.82) is 5.26 Å². The lowest BCUT2D eigenvalue weighted by Gasteiger charge is -2.29. The molecule has 1 saturated carbocycles. The highest BCUT2D eigenvalue weighted by Crippen LogP contribution is 2.38.